The van der Waals surface area contributed by atoms with E-state index in [1.807, 2.05) is 0 Å². The van der Waals surface area contributed by atoms with Gasteiger partial charge in [-0.1, -0.05) is 25.5 Å². The van der Waals surface area contributed by atoms with Crippen LogP contribution in [0, 0.1) is 17.8 Å². The topological polar surface area (TPSA) is 37.3 Å². The molecule has 0 aromatic rings. The van der Waals surface area contributed by atoms with E-state index in [9.17, 15) is 9.90 Å². The van der Waals surface area contributed by atoms with Crippen LogP contribution in [0.5, 0.6) is 0 Å². The van der Waals surface area contributed by atoms with Crippen molar-refractivity contribution in [2.45, 2.75) is 52.1 Å². The summed E-state index contributed by atoms with van der Waals surface area (Å²) in [6.07, 6.45) is 5.15. The largest absolute Gasteiger partial charge is 0.381 e. The highest BCUT2D eigenvalue weighted by Crippen LogP contribution is 2.46. The van der Waals surface area contributed by atoms with Crippen LogP contribution in [0.2, 0.25) is 0 Å². The zero-order chi connectivity index (χ0) is 11.9. The molecule has 90 valence electrons. The van der Waals surface area contributed by atoms with Crippen molar-refractivity contribution in [2.75, 3.05) is 0 Å². The second kappa shape index (κ2) is 3.99. The van der Waals surface area contributed by atoms with Crippen molar-refractivity contribution in [1.82, 2.24) is 0 Å². The molecule has 2 nitrogen and oxygen atoms in total. The Morgan fingerprint density at radius 3 is 2.75 bits per heavy atom. The molecular weight excluding hydrogens is 200 g/mol. The summed E-state index contributed by atoms with van der Waals surface area (Å²) in [6.45, 7) is 6.49. The summed E-state index contributed by atoms with van der Waals surface area (Å²) in [4.78, 5) is 11.9. The first-order valence-electron chi connectivity index (χ1n) is 6.38. The third-order valence-corrected chi connectivity index (χ3v) is 4.42. The molecule has 2 aliphatic rings. The monoisotopic (exact) mass is 222 g/mol. The molecular formula is C14H22O2. The minimum Gasteiger partial charge on any atom is -0.381 e. The van der Waals surface area contributed by atoms with Gasteiger partial charge in [-0.2, -0.15) is 0 Å². The molecule has 1 saturated carbocycles. The second-order valence-electron chi connectivity index (χ2n) is 5.83. The normalized spacial score (nSPS) is 39.6. The minimum absolute atomic E-state index is 0.0579. The van der Waals surface area contributed by atoms with Crippen molar-refractivity contribution < 1.29 is 9.90 Å². The maximum atomic E-state index is 11.9. The van der Waals surface area contributed by atoms with Crippen LogP contribution in [0.25, 0.3) is 0 Å². The van der Waals surface area contributed by atoms with Gasteiger partial charge in [0.1, 0.15) is 5.60 Å². The summed E-state index contributed by atoms with van der Waals surface area (Å²) < 4.78 is 0. The summed E-state index contributed by atoms with van der Waals surface area (Å²) in [5, 5.41) is 10.6. The molecule has 1 N–H and O–H groups in total. The lowest BCUT2D eigenvalue weighted by molar-refractivity contribution is -0.152. The summed E-state index contributed by atoms with van der Waals surface area (Å²) in [5.74, 6) is 1.12. The van der Waals surface area contributed by atoms with Crippen molar-refractivity contribution in [1.29, 1.82) is 0 Å². The van der Waals surface area contributed by atoms with E-state index >= 15 is 0 Å². The molecule has 2 aliphatic carbocycles. The Kier molecular flexibility index (Phi) is 2.95. The SMILES string of the molecule is CC1=C[C@@H]2[C@@H](C(C)C)CCC(=O)[C@]2(O)CC1. The van der Waals surface area contributed by atoms with Crippen LogP contribution in [0.4, 0.5) is 0 Å². The van der Waals surface area contributed by atoms with E-state index in [0.717, 1.165) is 12.8 Å². The van der Waals surface area contributed by atoms with Crippen LogP contribution in [-0.4, -0.2) is 16.5 Å². The fourth-order valence-electron chi connectivity index (χ4n) is 3.33. The van der Waals surface area contributed by atoms with Crippen LogP contribution in [-0.2, 0) is 4.79 Å². The van der Waals surface area contributed by atoms with Crippen molar-refractivity contribution in [3.8, 4) is 0 Å². The van der Waals surface area contributed by atoms with Crippen molar-refractivity contribution in [2.24, 2.45) is 17.8 Å². The van der Waals surface area contributed by atoms with Crippen LogP contribution in [0.1, 0.15) is 46.5 Å². The average Bonchev–Trinajstić information content (AvgIpc) is 2.21. The molecule has 16 heavy (non-hydrogen) atoms. The number of fused-ring (bicyclic) bond motifs is 1. The Morgan fingerprint density at radius 1 is 1.44 bits per heavy atom. The minimum atomic E-state index is -1.05. The predicted molar refractivity (Wildman–Crippen MR) is 64.0 cm³/mol. The van der Waals surface area contributed by atoms with Gasteiger partial charge in [0.15, 0.2) is 5.78 Å². The van der Waals surface area contributed by atoms with Gasteiger partial charge >= 0.3 is 0 Å². The van der Waals surface area contributed by atoms with Crippen LogP contribution < -0.4 is 0 Å². The molecule has 0 unspecified atom stereocenters. The van der Waals surface area contributed by atoms with Crippen molar-refractivity contribution >= 4 is 5.78 Å². The summed E-state index contributed by atoms with van der Waals surface area (Å²) >= 11 is 0. The van der Waals surface area contributed by atoms with E-state index in [2.05, 4.69) is 26.8 Å². The molecule has 0 saturated heterocycles. The standard InChI is InChI=1S/C14H22O2/c1-9(2)11-4-5-13(15)14(16)7-6-10(3)8-12(11)14/h8-9,11-12,16H,4-7H2,1-3H3/t11-,12-,14+/m1/s1. The Labute approximate surface area is 97.7 Å². The smallest absolute Gasteiger partial charge is 0.164 e. The van der Waals surface area contributed by atoms with Crippen molar-refractivity contribution in [3.63, 3.8) is 0 Å². The molecule has 2 rings (SSSR count). The first-order valence-corrected chi connectivity index (χ1v) is 6.38. The number of hydrogen-bond acceptors (Lipinski definition) is 2. The van der Waals surface area contributed by atoms with Gasteiger partial charge in [0.05, 0.1) is 0 Å². The van der Waals surface area contributed by atoms with E-state index in [4.69, 9.17) is 0 Å². The van der Waals surface area contributed by atoms with Gasteiger partial charge in [0.25, 0.3) is 0 Å². The molecule has 0 radical (unpaired) electrons. The van der Waals surface area contributed by atoms with Gasteiger partial charge < -0.3 is 5.11 Å². The van der Waals surface area contributed by atoms with E-state index in [1.54, 1.807) is 0 Å². The molecule has 0 aromatic heterocycles. The summed E-state index contributed by atoms with van der Waals surface area (Å²) in [6, 6.07) is 0. The van der Waals surface area contributed by atoms with Gasteiger partial charge in [-0.25, -0.2) is 0 Å². The Morgan fingerprint density at radius 2 is 2.12 bits per heavy atom. The molecule has 0 bridgehead atoms. The fourth-order valence-corrected chi connectivity index (χ4v) is 3.33. The molecule has 2 heteroatoms. The van der Waals surface area contributed by atoms with Gasteiger partial charge in [-0.15, -0.1) is 0 Å². The quantitative estimate of drug-likeness (QED) is 0.693. The van der Waals surface area contributed by atoms with Gasteiger partial charge in [0, 0.05) is 12.3 Å². The lowest BCUT2D eigenvalue weighted by Crippen LogP contribution is -2.53. The second-order valence-corrected chi connectivity index (χ2v) is 5.83. The van der Waals surface area contributed by atoms with E-state index in [-0.39, 0.29) is 11.7 Å². The van der Waals surface area contributed by atoms with Gasteiger partial charge in [0.2, 0.25) is 0 Å². The Hall–Kier alpha value is -0.630. The highest BCUT2D eigenvalue weighted by atomic mass is 16.3. The maximum Gasteiger partial charge on any atom is 0.164 e. The number of carbonyl (C=O) groups is 1. The molecule has 0 amide bonds. The molecule has 3 atom stereocenters. The highest BCUT2D eigenvalue weighted by molar-refractivity contribution is 5.88. The van der Waals surface area contributed by atoms with Gasteiger partial charge in [-0.05, 0) is 38.0 Å². The summed E-state index contributed by atoms with van der Waals surface area (Å²) in [7, 11) is 0. The first kappa shape index (κ1) is 11.8. The molecule has 0 heterocycles. The number of rotatable bonds is 1. The Bertz CT molecular complexity index is 330. The predicted octanol–water partition coefficient (Wildman–Crippen LogP) is 2.71. The number of carbonyl (C=O) groups excluding carboxylic acids is 1. The maximum absolute atomic E-state index is 11.9. The molecule has 0 spiro atoms. The van der Waals surface area contributed by atoms with Crippen molar-refractivity contribution in [3.05, 3.63) is 11.6 Å². The molecule has 0 aliphatic heterocycles. The zero-order valence-electron chi connectivity index (χ0n) is 10.5. The van der Waals surface area contributed by atoms with E-state index in [0.29, 0.717) is 24.7 Å². The third-order valence-electron chi connectivity index (χ3n) is 4.42. The van der Waals surface area contributed by atoms with Crippen LogP contribution in [0.15, 0.2) is 11.6 Å². The third kappa shape index (κ3) is 1.73. The lowest BCUT2D eigenvalue weighted by Gasteiger charge is -2.46. The molecule has 0 aromatic carbocycles. The Balaban J connectivity index is 2.36. The van der Waals surface area contributed by atoms with Gasteiger partial charge in [-0.3, -0.25) is 4.79 Å². The van der Waals surface area contributed by atoms with E-state index < -0.39 is 5.60 Å². The highest BCUT2D eigenvalue weighted by Gasteiger charge is 2.50. The number of ketones is 1. The average molecular weight is 222 g/mol. The number of allylic oxidation sites excluding steroid dienone is 1. The molecule has 1 fully saturated rings. The van der Waals surface area contributed by atoms with Crippen LogP contribution in [0.3, 0.4) is 0 Å². The fraction of sp³-hybridized carbons (Fsp3) is 0.786. The number of aliphatic hydroxyl groups is 1. The lowest BCUT2D eigenvalue weighted by atomic mass is 9.61. The summed E-state index contributed by atoms with van der Waals surface area (Å²) in [5.41, 5.74) is 0.280. The van der Waals surface area contributed by atoms with E-state index in [1.165, 1.54) is 5.57 Å². The number of hydrogen-bond donors (Lipinski definition) is 1. The zero-order valence-corrected chi connectivity index (χ0v) is 10.5. The van der Waals surface area contributed by atoms with Crippen LogP contribution >= 0.6 is 0 Å². The number of Topliss-reactive ketones (excluding diaryl/α,β-unsaturated/α-hetero) is 1. The first-order chi connectivity index (χ1) is 7.45.